The number of pyridine rings is 1. The van der Waals surface area contributed by atoms with E-state index in [9.17, 15) is 17.6 Å². The number of benzene rings is 1. The van der Waals surface area contributed by atoms with Gasteiger partial charge in [0.25, 0.3) is 0 Å². The average molecular weight is 286 g/mol. The SMILES string of the molecule is Nc1ncccc1COc1ccc(F)c(C(F)(F)F)c1. The summed E-state index contributed by atoms with van der Waals surface area (Å²) >= 11 is 0. The minimum absolute atomic E-state index is 0.0530. The van der Waals surface area contributed by atoms with E-state index in [1.165, 1.54) is 6.20 Å². The number of nitrogen functional groups attached to an aromatic ring is 1. The lowest BCUT2D eigenvalue weighted by atomic mass is 10.2. The summed E-state index contributed by atoms with van der Waals surface area (Å²) in [6, 6.07) is 5.71. The Balaban J connectivity index is 2.17. The first-order valence-electron chi connectivity index (χ1n) is 5.57. The third kappa shape index (κ3) is 3.17. The first-order chi connectivity index (χ1) is 9.38. The Morgan fingerprint density at radius 3 is 2.60 bits per heavy atom. The fraction of sp³-hybridized carbons (Fsp3) is 0.154. The lowest BCUT2D eigenvalue weighted by molar-refractivity contribution is -0.140. The number of rotatable bonds is 3. The third-order valence-corrected chi connectivity index (χ3v) is 2.56. The van der Waals surface area contributed by atoms with Gasteiger partial charge in [-0.25, -0.2) is 9.37 Å². The highest BCUT2D eigenvalue weighted by atomic mass is 19.4. The van der Waals surface area contributed by atoms with Crippen molar-refractivity contribution in [2.45, 2.75) is 12.8 Å². The Labute approximate surface area is 112 Å². The minimum atomic E-state index is -4.77. The molecule has 0 radical (unpaired) electrons. The molecule has 106 valence electrons. The zero-order chi connectivity index (χ0) is 14.8. The molecule has 1 aromatic carbocycles. The van der Waals surface area contributed by atoms with E-state index in [0.29, 0.717) is 17.7 Å². The molecule has 1 heterocycles. The quantitative estimate of drug-likeness (QED) is 0.880. The van der Waals surface area contributed by atoms with Crippen molar-refractivity contribution in [3.63, 3.8) is 0 Å². The van der Waals surface area contributed by atoms with Gasteiger partial charge < -0.3 is 10.5 Å². The molecule has 0 saturated carbocycles. The van der Waals surface area contributed by atoms with Crippen LogP contribution in [0.1, 0.15) is 11.1 Å². The fourth-order valence-electron chi connectivity index (χ4n) is 1.55. The molecule has 0 aliphatic heterocycles. The summed E-state index contributed by atoms with van der Waals surface area (Å²) in [5, 5.41) is 0. The Bertz CT molecular complexity index is 614. The van der Waals surface area contributed by atoms with Gasteiger partial charge in [-0.2, -0.15) is 13.2 Å². The molecule has 0 unspecified atom stereocenters. The van der Waals surface area contributed by atoms with Crippen molar-refractivity contribution in [3.05, 3.63) is 53.5 Å². The van der Waals surface area contributed by atoms with Crippen LogP contribution in [0.3, 0.4) is 0 Å². The monoisotopic (exact) mass is 286 g/mol. The Morgan fingerprint density at radius 2 is 1.95 bits per heavy atom. The van der Waals surface area contributed by atoms with Crippen molar-refractivity contribution in [1.29, 1.82) is 0 Å². The molecule has 0 atom stereocenters. The van der Waals surface area contributed by atoms with E-state index < -0.39 is 17.6 Å². The maximum absolute atomic E-state index is 13.1. The van der Waals surface area contributed by atoms with Gasteiger partial charge in [-0.05, 0) is 24.3 Å². The summed E-state index contributed by atoms with van der Waals surface area (Å²) in [5.41, 5.74) is 4.74. The summed E-state index contributed by atoms with van der Waals surface area (Å²) in [6.45, 7) is -0.0530. The van der Waals surface area contributed by atoms with Gasteiger partial charge in [0.2, 0.25) is 0 Å². The second kappa shape index (κ2) is 5.36. The van der Waals surface area contributed by atoms with Gasteiger partial charge in [-0.3, -0.25) is 0 Å². The average Bonchev–Trinajstić information content (AvgIpc) is 2.38. The number of hydrogen-bond donors (Lipinski definition) is 1. The van der Waals surface area contributed by atoms with E-state index >= 15 is 0 Å². The van der Waals surface area contributed by atoms with Gasteiger partial charge in [-0.15, -0.1) is 0 Å². The maximum Gasteiger partial charge on any atom is 0.419 e. The molecular weight excluding hydrogens is 276 g/mol. The number of hydrogen-bond acceptors (Lipinski definition) is 3. The highest BCUT2D eigenvalue weighted by Crippen LogP contribution is 2.33. The molecule has 7 heteroatoms. The number of nitrogens with two attached hydrogens (primary N) is 1. The molecule has 0 spiro atoms. The summed E-state index contributed by atoms with van der Waals surface area (Å²) < 4.78 is 55.9. The standard InChI is InChI=1S/C13H10F4N2O/c14-11-4-3-9(6-10(11)13(15,16)17)20-7-8-2-1-5-19-12(8)18/h1-6H,7H2,(H2,18,19). The zero-order valence-corrected chi connectivity index (χ0v) is 10.1. The molecular formula is C13H10F4N2O. The van der Waals surface area contributed by atoms with Crippen LogP contribution in [0.4, 0.5) is 23.4 Å². The molecule has 0 bridgehead atoms. The summed E-state index contributed by atoms with van der Waals surface area (Å²) in [5.74, 6) is -1.21. The molecule has 1 aromatic heterocycles. The second-order valence-corrected chi connectivity index (χ2v) is 3.98. The smallest absolute Gasteiger partial charge is 0.419 e. The highest BCUT2D eigenvalue weighted by molar-refractivity contribution is 5.38. The van der Waals surface area contributed by atoms with Crippen LogP contribution in [0, 0.1) is 5.82 Å². The molecule has 0 saturated heterocycles. The summed E-state index contributed by atoms with van der Waals surface area (Å²) in [6.07, 6.45) is -3.28. The molecule has 2 rings (SSSR count). The molecule has 0 aliphatic rings. The third-order valence-electron chi connectivity index (χ3n) is 2.56. The van der Waals surface area contributed by atoms with Crippen LogP contribution in [0.15, 0.2) is 36.5 Å². The zero-order valence-electron chi connectivity index (χ0n) is 10.1. The summed E-state index contributed by atoms with van der Waals surface area (Å²) in [4.78, 5) is 3.82. The van der Waals surface area contributed by atoms with Crippen LogP contribution in [0.5, 0.6) is 5.75 Å². The topological polar surface area (TPSA) is 48.1 Å². The van der Waals surface area contributed by atoms with Gasteiger partial charge in [0.05, 0.1) is 5.56 Å². The molecule has 2 aromatic rings. The van der Waals surface area contributed by atoms with E-state index in [0.717, 1.165) is 6.07 Å². The van der Waals surface area contributed by atoms with E-state index in [1.807, 2.05) is 0 Å². The van der Waals surface area contributed by atoms with Gasteiger partial charge in [0.1, 0.15) is 24.0 Å². The van der Waals surface area contributed by atoms with Crippen molar-refractivity contribution in [3.8, 4) is 5.75 Å². The minimum Gasteiger partial charge on any atom is -0.489 e. The van der Waals surface area contributed by atoms with Crippen LogP contribution in [-0.4, -0.2) is 4.98 Å². The van der Waals surface area contributed by atoms with E-state index in [2.05, 4.69) is 4.98 Å². The molecule has 0 amide bonds. The number of halogens is 4. The highest BCUT2D eigenvalue weighted by Gasteiger charge is 2.34. The van der Waals surface area contributed by atoms with Crippen LogP contribution < -0.4 is 10.5 Å². The summed E-state index contributed by atoms with van der Waals surface area (Å²) in [7, 11) is 0. The van der Waals surface area contributed by atoms with Gasteiger partial charge >= 0.3 is 6.18 Å². The lowest BCUT2D eigenvalue weighted by Gasteiger charge is -2.11. The molecule has 20 heavy (non-hydrogen) atoms. The van der Waals surface area contributed by atoms with Gasteiger partial charge in [0.15, 0.2) is 0 Å². The van der Waals surface area contributed by atoms with Crippen molar-refractivity contribution in [2.75, 3.05) is 5.73 Å². The number of ether oxygens (including phenoxy) is 1. The van der Waals surface area contributed by atoms with Crippen molar-refractivity contribution in [1.82, 2.24) is 4.98 Å². The first-order valence-corrected chi connectivity index (χ1v) is 5.57. The largest absolute Gasteiger partial charge is 0.489 e. The number of alkyl halides is 3. The van der Waals surface area contributed by atoms with Crippen molar-refractivity contribution < 1.29 is 22.3 Å². The number of aromatic nitrogens is 1. The van der Waals surface area contributed by atoms with Gasteiger partial charge in [-0.1, -0.05) is 6.07 Å². The maximum atomic E-state index is 13.1. The molecule has 0 aliphatic carbocycles. The van der Waals surface area contributed by atoms with Crippen molar-refractivity contribution in [2.24, 2.45) is 0 Å². The number of anilines is 1. The normalized spacial score (nSPS) is 11.4. The molecule has 2 N–H and O–H groups in total. The predicted octanol–water partition coefficient (Wildman–Crippen LogP) is 3.40. The predicted molar refractivity (Wildman–Crippen MR) is 64.4 cm³/mol. The Hall–Kier alpha value is -2.31. The van der Waals surface area contributed by atoms with Crippen LogP contribution in [-0.2, 0) is 12.8 Å². The van der Waals surface area contributed by atoms with Crippen LogP contribution in [0.25, 0.3) is 0 Å². The molecule has 0 fully saturated rings. The van der Waals surface area contributed by atoms with E-state index in [4.69, 9.17) is 10.5 Å². The Morgan fingerprint density at radius 1 is 1.20 bits per heavy atom. The van der Waals surface area contributed by atoms with E-state index in [-0.39, 0.29) is 18.2 Å². The molecule has 3 nitrogen and oxygen atoms in total. The lowest BCUT2D eigenvalue weighted by Crippen LogP contribution is -2.09. The van der Waals surface area contributed by atoms with Crippen LogP contribution >= 0.6 is 0 Å². The second-order valence-electron chi connectivity index (χ2n) is 3.98. The fourth-order valence-corrected chi connectivity index (χ4v) is 1.55. The van der Waals surface area contributed by atoms with Crippen molar-refractivity contribution >= 4 is 5.82 Å². The number of nitrogens with zero attached hydrogens (tertiary/aromatic N) is 1. The Kier molecular flexibility index (Phi) is 3.78. The van der Waals surface area contributed by atoms with E-state index in [1.54, 1.807) is 12.1 Å². The van der Waals surface area contributed by atoms with Gasteiger partial charge in [0, 0.05) is 11.8 Å². The van der Waals surface area contributed by atoms with Crippen LogP contribution in [0.2, 0.25) is 0 Å². The first kappa shape index (κ1) is 14.1.